The maximum absolute atomic E-state index is 5.11. The van der Waals surface area contributed by atoms with Crippen LogP contribution in [0.2, 0.25) is 0 Å². The van der Waals surface area contributed by atoms with Crippen LogP contribution in [0, 0.1) is 23.7 Å². The van der Waals surface area contributed by atoms with E-state index in [0.717, 1.165) is 42.9 Å². The highest BCUT2D eigenvalue weighted by Gasteiger charge is 2.47. The highest BCUT2D eigenvalue weighted by Crippen LogP contribution is 2.53. The molecule has 0 atom stereocenters. The number of hydrogen-bond donors (Lipinski definition) is 1. The summed E-state index contributed by atoms with van der Waals surface area (Å²) in [5, 5.41) is 3.82. The van der Waals surface area contributed by atoms with Gasteiger partial charge in [0.1, 0.15) is 0 Å². The van der Waals surface area contributed by atoms with Crippen LogP contribution in [0.25, 0.3) is 0 Å². The zero-order chi connectivity index (χ0) is 11.0. The molecule has 0 radical (unpaired) electrons. The van der Waals surface area contributed by atoms with Crippen LogP contribution in [0.3, 0.4) is 0 Å². The molecule has 4 aliphatic carbocycles. The van der Waals surface area contributed by atoms with Gasteiger partial charge in [-0.1, -0.05) is 0 Å². The van der Waals surface area contributed by atoms with Crippen molar-refractivity contribution in [2.24, 2.45) is 23.7 Å². The Morgan fingerprint density at radius 2 is 1.62 bits per heavy atom. The molecule has 2 nitrogen and oxygen atoms in total. The number of rotatable bonds is 5. The Balaban J connectivity index is 1.52. The number of nitrogens with one attached hydrogen (secondary N) is 1. The topological polar surface area (TPSA) is 21.3 Å². The molecule has 0 aromatic heterocycles. The summed E-state index contributed by atoms with van der Waals surface area (Å²) < 4.78 is 5.11. The van der Waals surface area contributed by atoms with Gasteiger partial charge in [-0.25, -0.2) is 0 Å². The minimum Gasteiger partial charge on any atom is -0.385 e. The second-order valence-electron chi connectivity index (χ2n) is 6.26. The van der Waals surface area contributed by atoms with Crippen molar-refractivity contribution in [2.45, 2.75) is 44.6 Å². The van der Waals surface area contributed by atoms with Crippen molar-refractivity contribution in [2.75, 3.05) is 20.3 Å². The van der Waals surface area contributed by atoms with E-state index < -0.39 is 0 Å². The third kappa shape index (κ3) is 2.02. The van der Waals surface area contributed by atoms with Crippen molar-refractivity contribution in [1.29, 1.82) is 0 Å². The van der Waals surface area contributed by atoms with Crippen molar-refractivity contribution in [1.82, 2.24) is 5.32 Å². The predicted molar refractivity (Wildman–Crippen MR) is 65.3 cm³/mol. The zero-order valence-electron chi connectivity index (χ0n) is 10.5. The lowest BCUT2D eigenvalue weighted by atomic mass is 9.54. The highest BCUT2D eigenvalue weighted by molar-refractivity contribution is 5.01. The lowest BCUT2D eigenvalue weighted by Gasteiger charge is -2.54. The molecule has 4 bridgehead atoms. The molecule has 92 valence electrons. The SMILES string of the molecule is COCCCNC1C2CC3CC(C2)CC1C3. The largest absolute Gasteiger partial charge is 0.385 e. The molecular formula is C14H25NO. The second kappa shape index (κ2) is 4.66. The summed E-state index contributed by atoms with van der Waals surface area (Å²) in [5.41, 5.74) is 0. The summed E-state index contributed by atoms with van der Waals surface area (Å²) in [6, 6.07) is 0.852. The lowest BCUT2D eigenvalue weighted by molar-refractivity contribution is -0.0140. The van der Waals surface area contributed by atoms with Gasteiger partial charge < -0.3 is 10.1 Å². The lowest BCUT2D eigenvalue weighted by Crippen LogP contribution is -2.54. The van der Waals surface area contributed by atoms with Crippen LogP contribution in [-0.4, -0.2) is 26.3 Å². The molecule has 2 heteroatoms. The molecule has 4 fully saturated rings. The molecule has 0 heterocycles. The Morgan fingerprint density at radius 1 is 1.00 bits per heavy atom. The first-order chi connectivity index (χ1) is 7.86. The second-order valence-corrected chi connectivity index (χ2v) is 6.26. The molecular weight excluding hydrogens is 198 g/mol. The fraction of sp³-hybridized carbons (Fsp3) is 1.00. The van der Waals surface area contributed by atoms with Gasteiger partial charge in [-0.15, -0.1) is 0 Å². The molecule has 16 heavy (non-hydrogen) atoms. The zero-order valence-corrected chi connectivity index (χ0v) is 10.5. The normalized spacial score (nSPS) is 45.2. The Morgan fingerprint density at radius 3 is 2.19 bits per heavy atom. The smallest absolute Gasteiger partial charge is 0.0474 e. The maximum Gasteiger partial charge on any atom is 0.0474 e. The van der Waals surface area contributed by atoms with E-state index in [1.165, 1.54) is 32.1 Å². The van der Waals surface area contributed by atoms with Gasteiger partial charge in [-0.2, -0.15) is 0 Å². The van der Waals surface area contributed by atoms with Crippen LogP contribution < -0.4 is 5.32 Å². The van der Waals surface area contributed by atoms with Gasteiger partial charge in [0.15, 0.2) is 0 Å². The van der Waals surface area contributed by atoms with Gasteiger partial charge in [-0.3, -0.25) is 0 Å². The Hall–Kier alpha value is -0.0800. The quantitative estimate of drug-likeness (QED) is 0.723. The van der Waals surface area contributed by atoms with E-state index in [9.17, 15) is 0 Å². The van der Waals surface area contributed by atoms with Gasteiger partial charge in [0.05, 0.1) is 0 Å². The van der Waals surface area contributed by atoms with Crippen LogP contribution in [-0.2, 0) is 4.74 Å². The van der Waals surface area contributed by atoms with Crippen LogP contribution in [0.5, 0.6) is 0 Å². The van der Waals surface area contributed by atoms with E-state index >= 15 is 0 Å². The maximum atomic E-state index is 5.11. The molecule has 0 aromatic rings. The first-order valence-corrected chi connectivity index (χ1v) is 7.09. The van der Waals surface area contributed by atoms with E-state index in [1.54, 1.807) is 13.5 Å². The highest BCUT2D eigenvalue weighted by atomic mass is 16.5. The first kappa shape index (κ1) is 11.0. The monoisotopic (exact) mass is 223 g/mol. The summed E-state index contributed by atoms with van der Waals surface area (Å²) in [4.78, 5) is 0. The van der Waals surface area contributed by atoms with Crippen LogP contribution in [0.4, 0.5) is 0 Å². The van der Waals surface area contributed by atoms with Crippen LogP contribution in [0.15, 0.2) is 0 Å². The average Bonchev–Trinajstić information content (AvgIpc) is 2.26. The molecule has 4 rings (SSSR count). The number of hydrogen-bond acceptors (Lipinski definition) is 2. The predicted octanol–water partition coefficient (Wildman–Crippen LogP) is 2.44. The average molecular weight is 223 g/mol. The fourth-order valence-corrected chi connectivity index (χ4v) is 4.74. The van der Waals surface area contributed by atoms with Crippen LogP contribution in [0.1, 0.15) is 38.5 Å². The van der Waals surface area contributed by atoms with E-state index in [-0.39, 0.29) is 0 Å². The van der Waals surface area contributed by atoms with Gasteiger partial charge >= 0.3 is 0 Å². The van der Waals surface area contributed by atoms with Crippen LogP contribution >= 0.6 is 0 Å². The van der Waals surface area contributed by atoms with E-state index in [4.69, 9.17) is 4.74 Å². The van der Waals surface area contributed by atoms with Crippen molar-refractivity contribution in [3.63, 3.8) is 0 Å². The summed E-state index contributed by atoms with van der Waals surface area (Å²) in [5.74, 6) is 4.22. The van der Waals surface area contributed by atoms with Crippen molar-refractivity contribution < 1.29 is 4.74 Å². The van der Waals surface area contributed by atoms with Crippen molar-refractivity contribution in [3.05, 3.63) is 0 Å². The summed E-state index contributed by atoms with van der Waals surface area (Å²) >= 11 is 0. The molecule has 4 aliphatic rings. The third-order valence-corrected chi connectivity index (χ3v) is 5.13. The van der Waals surface area contributed by atoms with E-state index in [2.05, 4.69) is 5.32 Å². The Labute approximate surface area is 99.1 Å². The van der Waals surface area contributed by atoms with Gasteiger partial charge in [0, 0.05) is 19.8 Å². The Kier molecular flexibility index (Phi) is 3.21. The van der Waals surface area contributed by atoms with Gasteiger partial charge in [0.2, 0.25) is 0 Å². The molecule has 0 amide bonds. The molecule has 0 aliphatic heterocycles. The number of methoxy groups -OCH3 is 1. The van der Waals surface area contributed by atoms with Crippen molar-refractivity contribution in [3.8, 4) is 0 Å². The molecule has 0 spiro atoms. The molecule has 0 saturated heterocycles. The van der Waals surface area contributed by atoms with E-state index in [0.29, 0.717) is 0 Å². The first-order valence-electron chi connectivity index (χ1n) is 7.09. The minimum absolute atomic E-state index is 0.852. The standard InChI is InChI=1S/C14H25NO/c1-16-4-2-3-15-14-12-6-10-5-11(8-12)9-13(14)7-10/h10-15H,2-9H2,1H3. The van der Waals surface area contributed by atoms with E-state index in [1.807, 2.05) is 0 Å². The van der Waals surface area contributed by atoms with Crippen molar-refractivity contribution >= 4 is 0 Å². The summed E-state index contributed by atoms with van der Waals surface area (Å²) in [7, 11) is 1.79. The summed E-state index contributed by atoms with van der Waals surface area (Å²) in [6.07, 6.45) is 8.82. The molecule has 1 N–H and O–H groups in total. The van der Waals surface area contributed by atoms with Gasteiger partial charge in [0.25, 0.3) is 0 Å². The molecule has 0 aromatic carbocycles. The molecule has 4 saturated carbocycles. The number of ether oxygens (including phenoxy) is 1. The minimum atomic E-state index is 0.852. The fourth-order valence-electron chi connectivity index (χ4n) is 4.74. The van der Waals surface area contributed by atoms with Gasteiger partial charge in [-0.05, 0) is 68.7 Å². The summed E-state index contributed by atoms with van der Waals surface area (Å²) in [6.45, 7) is 2.06. The Bertz CT molecular complexity index is 213. The third-order valence-electron chi connectivity index (χ3n) is 5.13. The molecule has 0 unspecified atom stereocenters.